The van der Waals surface area contributed by atoms with Gasteiger partial charge in [0.1, 0.15) is 4.90 Å². The lowest BCUT2D eigenvalue weighted by Crippen LogP contribution is -2.42. The summed E-state index contributed by atoms with van der Waals surface area (Å²) in [6.07, 6.45) is 4.98. The zero-order valence-electron chi connectivity index (χ0n) is 12.8. The Labute approximate surface area is 127 Å². The lowest BCUT2D eigenvalue weighted by Gasteiger charge is -2.34. The fourth-order valence-corrected chi connectivity index (χ4v) is 4.69. The zero-order valence-corrected chi connectivity index (χ0v) is 13.6. The van der Waals surface area contributed by atoms with E-state index < -0.39 is 10.0 Å². The van der Waals surface area contributed by atoms with Crippen LogP contribution in [0.3, 0.4) is 0 Å². The minimum atomic E-state index is -3.38. The van der Waals surface area contributed by atoms with Crippen molar-refractivity contribution in [3.05, 3.63) is 18.0 Å². The molecule has 2 fully saturated rings. The first-order valence-corrected chi connectivity index (χ1v) is 9.28. The molecule has 3 rings (SSSR count). The van der Waals surface area contributed by atoms with Crippen LogP contribution in [0.2, 0.25) is 0 Å². The molecule has 1 saturated carbocycles. The topological polar surface area (TPSA) is 68.3 Å². The summed E-state index contributed by atoms with van der Waals surface area (Å²) >= 11 is 0. The molecule has 0 amide bonds. The van der Waals surface area contributed by atoms with Gasteiger partial charge in [-0.2, -0.15) is 4.31 Å². The second-order valence-electron chi connectivity index (χ2n) is 6.62. The Morgan fingerprint density at radius 1 is 1.24 bits per heavy atom. The minimum Gasteiger partial charge on any atom is -0.346 e. The minimum absolute atomic E-state index is 0.388. The van der Waals surface area contributed by atoms with Crippen LogP contribution in [0, 0.1) is 11.8 Å². The van der Waals surface area contributed by atoms with Gasteiger partial charge in [-0.05, 0) is 37.2 Å². The third-order valence-corrected chi connectivity index (χ3v) is 6.82. The maximum atomic E-state index is 12.8. The summed E-state index contributed by atoms with van der Waals surface area (Å²) in [5.41, 5.74) is 6.69. The highest BCUT2D eigenvalue weighted by molar-refractivity contribution is 7.89. The second kappa shape index (κ2) is 5.41. The number of rotatable bonds is 4. The van der Waals surface area contributed by atoms with E-state index in [2.05, 4.69) is 18.4 Å². The SMILES string of the molecule is CC1CCN(S(=O)(=O)c2cc(CN)n(C3CC3)c2)CC1C. The smallest absolute Gasteiger partial charge is 0.244 e. The van der Waals surface area contributed by atoms with Crippen molar-refractivity contribution in [1.82, 2.24) is 8.87 Å². The number of nitrogens with zero attached hydrogens (tertiary/aromatic N) is 2. The van der Waals surface area contributed by atoms with Crippen LogP contribution >= 0.6 is 0 Å². The Kier molecular flexibility index (Phi) is 3.88. The van der Waals surface area contributed by atoms with Gasteiger partial charge in [0.25, 0.3) is 0 Å². The van der Waals surface area contributed by atoms with E-state index in [-0.39, 0.29) is 0 Å². The largest absolute Gasteiger partial charge is 0.346 e. The van der Waals surface area contributed by atoms with Gasteiger partial charge in [-0.25, -0.2) is 8.42 Å². The quantitative estimate of drug-likeness (QED) is 0.924. The summed E-state index contributed by atoms with van der Waals surface area (Å²) < 4.78 is 29.4. The fourth-order valence-electron chi connectivity index (χ4n) is 3.09. The Morgan fingerprint density at radius 2 is 1.95 bits per heavy atom. The molecule has 1 aliphatic carbocycles. The second-order valence-corrected chi connectivity index (χ2v) is 8.55. The Hall–Kier alpha value is -0.850. The van der Waals surface area contributed by atoms with Gasteiger partial charge in [0, 0.05) is 37.6 Å². The van der Waals surface area contributed by atoms with Gasteiger partial charge in [0.15, 0.2) is 0 Å². The van der Waals surface area contributed by atoms with Gasteiger partial charge >= 0.3 is 0 Å². The number of piperidine rings is 1. The fraction of sp³-hybridized carbons (Fsp3) is 0.733. The standard InChI is InChI=1S/C15H25N3O2S/c1-11-5-6-17(9-12(11)2)21(19,20)15-7-14(8-16)18(10-15)13-3-4-13/h7,10-13H,3-6,8-9,16H2,1-2H3. The first-order chi connectivity index (χ1) is 9.93. The lowest BCUT2D eigenvalue weighted by atomic mass is 9.90. The van der Waals surface area contributed by atoms with E-state index in [1.54, 1.807) is 16.6 Å². The monoisotopic (exact) mass is 311 g/mol. The van der Waals surface area contributed by atoms with Crippen LogP contribution < -0.4 is 5.73 Å². The molecule has 2 N–H and O–H groups in total. The van der Waals surface area contributed by atoms with Crippen molar-refractivity contribution in [1.29, 1.82) is 0 Å². The van der Waals surface area contributed by atoms with Crippen LogP contribution in [0.15, 0.2) is 17.2 Å². The molecule has 118 valence electrons. The van der Waals surface area contributed by atoms with E-state index in [1.807, 2.05) is 0 Å². The summed E-state index contributed by atoms with van der Waals surface area (Å²) in [5, 5.41) is 0. The molecule has 6 heteroatoms. The van der Waals surface area contributed by atoms with Crippen LogP contribution in [0.1, 0.15) is 44.8 Å². The van der Waals surface area contributed by atoms with E-state index in [9.17, 15) is 8.42 Å². The number of sulfonamides is 1. The van der Waals surface area contributed by atoms with Crippen LogP contribution in [0.5, 0.6) is 0 Å². The highest BCUT2D eigenvalue weighted by Gasteiger charge is 2.34. The van der Waals surface area contributed by atoms with E-state index >= 15 is 0 Å². The molecule has 2 aliphatic rings. The Balaban J connectivity index is 1.88. The summed E-state index contributed by atoms with van der Waals surface area (Å²) in [5.74, 6) is 1.00. The molecule has 1 aromatic heterocycles. The van der Waals surface area contributed by atoms with Crippen molar-refractivity contribution in [2.75, 3.05) is 13.1 Å². The molecule has 0 spiro atoms. The zero-order chi connectivity index (χ0) is 15.2. The van der Waals surface area contributed by atoms with Crippen LogP contribution in [0.25, 0.3) is 0 Å². The van der Waals surface area contributed by atoms with Crippen molar-refractivity contribution in [2.24, 2.45) is 17.6 Å². The molecular weight excluding hydrogens is 286 g/mol. The number of aromatic nitrogens is 1. The molecule has 0 bridgehead atoms. The summed E-state index contributed by atoms with van der Waals surface area (Å²) in [4.78, 5) is 0.414. The van der Waals surface area contributed by atoms with E-state index in [1.165, 1.54) is 0 Å². The number of hydrogen-bond acceptors (Lipinski definition) is 3. The molecule has 0 radical (unpaired) electrons. The summed E-state index contributed by atoms with van der Waals surface area (Å²) in [7, 11) is -3.38. The van der Waals surface area contributed by atoms with Gasteiger partial charge in [0.05, 0.1) is 0 Å². The van der Waals surface area contributed by atoms with Gasteiger partial charge in [-0.1, -0.05) is 13.8 Å². The molecule has 2 atom stereocenters. The van der Waals surface area contributed by atoms with Crippen molar-refractivity contribution >= 4 is 10.0 Å². The molecule has 2 heterocycles. The predicted molar refractivity (Wildman–Crippen MR) is 82.3 cm³/mol. The van der Waals surface area contributed by atoms with Crippen LogP contribution in [-0.4, -0.2) is 30.4 Å². The van der Waals surface area contributed by atoms with Gasteiger partial charge in [0.2, 0.25) is 10.0 Å². The molecule has 1 aromatic rings. The Bertz CT molecular complexity index is 619. The lowest BCUT2D eigenvalue weighted by molar-refractivity contribution is 0.212. The number of nitrogens with two attached hydrogens (primary N) is 1. The van der Waals surface area contributed by atoms with Gasteiger partial charge < -0.3 is 10.3 Å². The third-order valence-electron chi connectivity index (χ3n) is 4.99. The molecule has 21 heavy (non-hydrogen) atoms. The summed E-state index contributed by atoms with van der Waals surface area (Å²) in [6, 6.07) is 2.21. The molecular formula is C15H25N3O2S. The van der Waals surface area contributed by atoms with Crippen molar-refractivity contribution in [2.45, 2.75) is 50.6 Å². The van der Waals surface area contributed by atoms with Crippen LogP contribution in [-0.2, 0) is 16.6 Å². The summed E-state index contributed by atoms with van der Waals surface area (Å²) in [6.45, 7) is 5.97. The average Bonchev–Trinajstić information content (AvgIpc) is 3.20. The molecule has 5 nitrogen and oxygen atoms in total. The molecule has 2 unspecified atom stereocenters. The van der Waals surface area contributed by atoms with E-state index in [4.69, 9.17) is 5.73 Å². The first kappa shape index (κ1) is 15.1. The molecule has 1 saturated heterocycles. The van der Waals surface area contributed by atoms with E-state index in [0.717, 1.165) is 25.0 Å². The Morgan fingerprint density at radius 3 is 2.52 bits per heavy atom. The van der Waals surface area contributed by atoms with Crippen molar-refractivity contribution in [3.8, 4) is 0 Å². The third kappa shape index (κ3) is 2.76. The number of hydrogen-bond donors (Lipinski definition) is 1. The highest BCUT2D eigenvalue weighted by Crippen LogP contribution is 2.38. The van der Waals surface area contributed by atoms with Crippen LogP contribution in [0.4, 0.5) is 0 Å². The maximum absolute atomic E-state index is 12.8. The van der Waals surface area contributed by atoms with E-state index in [0.29, 0.717) is 42.4 Å². The normalized spacial score (nSPS) is 28.0. The first-order valence-electron chi connectivity index (χ1n) is 7.84. The molecule has 1 aliphatic heterocycles. The van der Waals surface area contributed by atoms with Gasteiger partial charge in [-0.3, -0.25) is 0 Å². The van der Waals surface area contributed by atoms with Crippen molar-refractivity contribution < 1.29 is 8.42 Å². The molecule has 0 aromatic carbocycles. The predicted octanol–water partition coefficient (Wildman–Crippen LogP) is 1.95. The van der Waals surface area contributed by atoms with Gasteiger partial charge in [-0.15, -0.1) is 0 Å². The van der Waals surface area contributed by atoms with Crippen molar-refractivity contribution in [3.63, 3.8) is 0 Å². The maximum Gasteiger partial charge on any atom is 0.244 e. The average molecular weight is 311 g/mol. The highest BCUT2D eigenvalue weighted by atomic mass is 32.2.